The Balaban J connectivity index is 2.73. The fourth-order valence-electron chi connectivity index (χ4n) is 1.84. The summed E-state index contributed by atoms with van der Waals surface area (Å²) < 4.78 is 0. The van der Waals surface area contributed by atoms with Crippen molar-refractivity contribution in [3.63, 3.8) is 0 Å². The molecule has 0 aliphatic heterocycles. The van der Waals surface area contributed by atoms with E-state index in [1.54, 1.807) is 12.2 Å². The highest BCUT2D eigenvalue weighted by Gasteiger charge is 2.22. The van der Waals surface area contributed by atoms with E-state index in [0.29, 0.717) is 13.1 Å². The van der Waals surface area contributed by atoms with E-state index in [4.69, 9.17) is 0 Å². The first kappa shape index (κ1) is 16.5. The number of nitrogens with zero attached hydrogens (tertiary/aromatic N) is 1. The number of carboxylic acids is 1. The Bertz CT molecular complexity index is 490. The number of nitrogens with one attached hydrogen (secondary N) is 1. The second-order valence-electron chi connectivity index (χ2n) is 4.51. The first-order chi connectivity index (χ1) is 10.1. The van der Waals surface area contributed by atoms with Crippen LogP contribution in [0.5, 0.6) is 0 Å². The van der Waals surface area contributed by atoms with E-state index < -0.39 is 18.0 Å². The number of carbonyl (C=O) groups excluding carboxylic acids is 1. The first-order valence-corrected chi connectivity index (χ1v) is 6.62. The van der Waals surface area contributed by atoms with Crippen LogP contribution < -0.4 is 5.32 Å². The minimum Gasteiger partial charge on any atom is -0.480 e. The maximum absolute atomic E-state index is 12.1. The van der Waals surface area contributed by atoms with E-state index in [1.807, 2.05) is 30.3 Å². The number of carbonyl (C=O) groups is 2. The largest absolute Gasteiger partial charge is 0.480 e. The van der Waals surface area contributed by atoms with Gasteiger partial charge in [0.2, 0.25) is 0 Å². The van der Waals surface area contributed by atoms with Crippen LogP contribution in [0.25, 0.3) is 0 Å². The summed E-state index contributed by atoms with van der Waals surface area (Å²) in [7, 11) is 0. The van der Waals surface area contributed by atoms with Crippen molar-refractivity contribution in [3.8, 4) is 0 Å². The smallest absolute Gasteiger partial charge is 0.326 e. The lowest BCUT2D eigenvalue weighted by Crippen LogP contribution is -2.49. The topological polar surface area (TPSA) is 69.6 Å². The van der Waals surface area contributed by atoms with Crippen LogP contribution in [-0.4, -0.2) is 41.1 Å². The maximum Gasteiger partial charge on any atom is 0.326 e. The van der Waals surface area contributed by atoms with Crippen molar-refractivity contribution < 1.29 is 14.7 Å². The fourth-order valence-corrected chi connectivity index (χ4v) is 1.84. The molecule has 2 amide bonds. The average molecular weight is 288 g/mol. The number of aliphatic carboxylic acids is 1. The lowest BCUT2D eigenvalue weighted by molar-refractivity contribution is -0.139. The number of benzene rings is 1. The molecule has 21 heavy (non-hydrogen) atoms. The Morgan fingerprint density at radius 2 is 1.76 bits per heavy atom. The van der Waals surface area contributed by atoms with Gasteiger partial charge >= 0.3 is 12.0 Å². The Morgan fingerprint density at radius 1 is 1.19 bits per heavy atom. The molecule has 0 aromatic heterocycles. The van der Waals surface area contributed by atoms with Gasteiger partial charge in [-0.3, -0.25) is 0 Å². The average Bonchev–Trinajstić information content (AvgIpc) is 2.47. The van der Waals surface area contributed by atoms with Crippen molar-refractivity contribution in [2.75, 3.05) is 13.1 Å². The van der Waals surface area contributed by atoms with E-state index in [2.05, 4.69) is 18.5 Å². The zero-order valence-electron chi connectivity index (χ0n) is 11.9. The summed E-state index contributed by atoms with van der Waals surface area (Å²) in [4.78, 5) is 24.8. The second kappa shape index (κ2) is 8.58. The fraction of sp³-hybridized carbons (Fsp3) is 0.250. The van der Waals surface area contributed by atoms with Crippen molar-refractivity contribution in [1.29, 1.82) is 0 Å². The molecule has 0 saturated carbocycles. The third-order valence-electron chi connectivity index (χ3n) is 2.86. The number of carboxylic acid groups (broad SMARTS) is 1. The molecule has 1 rings (SSSR count). The van der Waals surface area contributed by atoms with Crippen molar-refractivity contribution >= 4 is 12.0 Å². The van der Waals surface area contributed by atoms with Crippen molar-refractivity contribution in [2.24, 2.45) is 0 Å². The maximum atomic E-state index is 12.1. The molecule has 5 heteroatoms. The summed E-state index contributed by atoms with van der Waals surface area (Å²) >= 11 is 0. The molecule has 0 aliphatic rings. The van der Waals surface area contributed by atoms with Crippen LogP contribution in [-0.2, 0) is 11.2 Å². The molecule has 0 radical (unpaired) electrons. The molecule has 0 saturated heterocycles. The second-order valence-corrected chi connectivity index (χ2v) is 4.51. The zero-order chi connectivity index (χ0) is 15.7. The lowest BCUT2D eigenvalue weighted by atomic mass is 10.1. The van der Waals surface area contributed by atoms with Gasteiger partial charge in [-0.15, -0.1) is 13.2 Å². The minimum atomic E-state index is -1.07. The van der Waals surface area contributed by atoms with Crippen LogP contribution in [0, 0.1) is 0 Å². The quantitative estimate of drug-likeness (QED) is 0.719. The molecule has 1 aromatic rings. The lowest BCUT2D eigenvalue weighted by Gasteiger charge is -2.23. The normalized spacial score (nSPS) is 11.2. The molecule has 5 nitrogen and oxygen atoms in total. The number of hydrogen-bond acceptors (Lipinski definition) is 2. The highest BCUT2D eigenvalue weighted by Crippen LogP contribution is 2.04. The number of amides is 2. The highest BCUT2D eigenvalue weighted by molar-refractivity contribution is 5.83. The van der Waals surface area contributed by atoms with Crippen LogP contribution in [0.2, 0.25) is 0 Å². The molecule has 1 atom stereocenters. The van der Waals surface area contributed by atoms with Gasteiger partial charge in [-0.1, -0.05) is 42.5 Å². The molecule has 0 unspecified atom stereocenters. The van der Waals surface area contributed by atoms with E-state index in [0.717, 1.165) is 5.56 Å². The van der Waals surface area contributed by atoms with Crippen LogP contribution >= 0.6 is 0 Å². The molecule has 1 aromatic carbocycles. The third-order valence-corrected chi connectivity index (χ3v) is 2.86. The minimum absolute atomic E-state index is 0.234. The van der Waals surface area contributed by atoms with Gasteiger partial charge < -0.3 is 15.3 Å². The molecule has 0 heterocycles. The summed E-state index contributed by atoms with van der Waals surface area (Å²) in [5.41, 5.74) is 0.851. The molecule has 0 aliphatic carbocycles. The van der Waals surface area contributed by atoms with Crippen LogP contribution in [0.1, 0.15) is 5.56 Å². The summed E-state index contributed by atoms with van der Waals surface area (Å²) in [5, 5.41) is 11.8. The van der Waals surface area contributed by atoms with E-state index in [-0.39, 0.29) is 6.42 Å². The zero-order valence-corrected chi connectivity index (χ0v) is 11.9. The Hall–Kier alpha value is -2.56. The highest BCUT2D eigenvalue weighted by atomic mass is 16.4. The first-order valence-electron chi connectivity index (χ1n) is 6.62. The van der Waals surface area contributed by atoms with Crippen LogP contribution in [0.3, 0.4) is 0 Å². The SMILES string of the molecule is C=CCN(CC=C)C(=O)N[C@@H](Cc1ccccc1)C(=O)O. The summed E-state index contributed by atoms with van der Waals surface area (Å²) in [6.45, 7) is 7.81. The molecule has 0 spiro atoms. The number of rotatable bonds is 8. The summed E-state index contributed by atoms with van der Waals surface area (Å²) in [5.74, 6) is -1.07. The van der Waals surface area contributed by atoms with Gasteiger partial charge in [-0.2, -0.15) is 0 Å². The number of hydrogen-bond donors (Lipinski definition) is 2. The van der Waals surface area contributed by atoms with Crippen molar-refractivity contribution in [2.45, 2.75) is 12.5 Å². The predicted molar refractivity (Wildman–Crippen MR) is 82.1 cm³/mol. The van der Waals surface area contributed by atoms with Gasteiger partial charge in [-0.05, 0) is 5.56 Å². The Kier molecular flexibility index (Phi) is 6.74. The van der Waals surface area contributed by atoms with E-state index in [9.17, 15) is 14.7 Å². The molecule has 112 valence electrons. The monoisotopic (exact) mass is 288 g/mol. The van der Waals surface area contributed by atoms with Gasteiger partial charge in [-0.25, -0.2) is 9.59 Å². The molecule has 0 fully saturated rings. The predicted octanol–water partition coefficient (Wildman–Crippen LogP) is 2.07. The van der Waals surface area contributed by atoms with Crippen molar-refractivity contribution in [3.05, 3.63) is 61.2 Å². The van der Waals surface area contributed by atoms with Crippen LogP contribution in [0.15, 0.2) is 55.6 Å². The van der Waals surface area contributed by atoms with Crippen LogP contribution in [0.4, 0.5) is 4.79 Å². The molecule has 0 bridgehead atoms. The van der Waals surface area contributed by atoms with Gasteiger partial charge in [0.05, 0.1) is 0 Å². The van der Waals surface area contributed by atoms with Gasteiger partial charge in [0.15, 0.2) is 0 Å². The Morgan fingerprint density at radius 3 is 2.24 bits per heavy atom. The molecular weight excluding hydrogens is 268 g/mol. The van der Waals surface area contributed by atoms with E-state index in [1.165, 1.54) is 4.90 Å². The number of urea groups is 1. The molecular formula is C16H20N2O3. The third kappa shape index (κ3) is 5.52. The summed E-state index contributed by atoms with van der Waals surface area (Å²) in [6, 6.07) is 7.75. The van der Waals surface area contributed by atoms with E-state index >= 15 is 0 Å². The van der Waals surface area contributed by atoms with Gasteiger partial charge in [0.1, 0.15) is 6.04 Å². The van der Waals surface area contributed by atoms with Gasteiger partial charge in [0.25, 0.3) is 0 Å². The van der Waals surface area contributed by atoms with Gasteiger partial charge in [0, 0.05) is 19.5 Å². The summed E-state index contributed by atoms with van der Waals surface area (Å²) in [6.07, 6.45) is 3.39. The molecule has 2 N–H and O–H groups in total. The van der Waals surface area contributed by atoms with Crippen molar-refractivity contribution in [1.82, 2.24) is 10.2 Å². The standard InChI is InChI=1S/C16H20N2O3/c1-3-10-18(11-4-2)16(21)17-14(15(19)20)12-13-8-6-5-7-9-13/h3-9,14H,1-2,10-12H2,(H,17,21)(H,19,20)/t14-/m0/s1. The Labute approximate surface area is 124 Å².